The molecule has 0 amide bonds. The van der Waals surface area contributed by atoms with E-state index in [1.165, 1.54) is 6.20 Å². The number of aldehydes is 1. The maximum atomic E-state index is 10.6. The van der Waals surface area contributed by atoms with Gasteiger partial charge in [-0.15, -0.1) is 0 Å². The van der Waals surface area contributed by atoms with Crippen molar-refractivity contribution in [1.29, 1.82) is 0 Å². The fraction of sp³-hybridized carbons (Fsp3) is 0. The Labute approximate surface area is 122 Å². The molecule has 0 spiro atoms. The van der Waals surface area contributed by atoms with Crippen LogP contribution in [0.25, 0.3) is 11.1 Å². The van der Waals surface area contributed by atoms with E-state index in [0.29, 0.717) is 11.4 Å². The zero-order valence-electron chi connectivity index (χ0n) is 11.3. The van der Waals surface area contributed by atoms with Gasteiger partial charge in [-0.2, -0.15) is 0 Å². The van der Waals surface area contributed by atoms with Gasteiger partial charge in [0.1, 0.15) is 5.75 Å². The first-order valence-corrected chi connectivity index (χ1v) is 6.60. The van der Waals surface area contributed by atoms with Crippen LogP contribution in [0, 0.1) is 0 Å². The van der Waals surface area contributed by atoms with Crippen molar-refractivity contribution in [1.82, 2.24) is 4.98 Å². The second kappa shape index (κ2) is 6.01. The number of ether oxygens (including phenoxy) is 1. The minimum Gasteiger partial charge on any atom is -0.438 e. The summed E-state index contributed by atoms with van der Waals surface area (Å²) in [6.07, 6.45) is 2.25. The Morgan fingerprint density at radius 2 is 1.62 bits per heavy atom. The number of pyridine rings is 1. The Balaban J connectivity index is 1.93. The van der Waals surface area contributed by atoms with Gasteiger partial charge in [0.2, 0.25) is 5.88 Å². The standard InChI is InChI=1S/C18H13NO2/c20-13-14-10-11-18(19-12-14)21-17-9-5-4-8-16(17)15-6-2-1-3-7-15/h1-13H. The predicted octanol–water partition coefficient (Wildman–Crippen LogP) is 4.35. The molecular weight excluding hydrogens is 262 g/mol. The number of benzene rings is 2. The third-order valence-electron chi connectivity index (χ3n) is 3.08. The minimum absolute atomic E-state index is 0.462. The maximum Gasteiger partial charge on any atom is 0.219 e. The van der Waals surface area contributed by atoms with Crippen molar-refractivity contribution < 1.29 is 9.53 Å². The van der Waals surface area contributed by atoms with Crippen molar-refractivity contribution in [2.75, 3.05) is 0 Å². The highest BCUT2D eigenvalue weighted by atomic mass is 16.5. The number of aromatic nitrogens is 1. The summed E-state index contributed by atoms with van der Waals surface area (Å²) in [6, 6.07) is 21.2. The van der Waals surface area contributed by atoms with Crippen LogP contribution >= 0.6 is 0 Å². The molecule has 0 atom stereocenters. The highest BCUT2D eigenvalue weighted by molar-refractivity contribution is 5.74. The molecular formula is C18H13NO2. The van der Waals surface area contributed by atoms with E-state index in [1.54, 1.807) is 12.1 Å². The van der Waals surface area contributed by atoms with Crippen molar-refractivity contribution in [2.45, 2.75) is 0 Å². The zero-order chi connectivity index (χ0) is 14.5. The number of rotatable bonds is 4. The van der Waals surface area contributed by atoms with Crippen molar-refractivity contribution in [3.8, 4) is 22.8 Å². The first kappa shape index (κ1) is 13.1. The van der Waals surface area contributed by atoms with Crippen LogP contribution in [0.1, 0.15) is 10.4 Å². The summed E-state index contributed by atoms with van der Waals surface area (Å²) in [4.78, 5) is 14.8. The number of hydrogen-bond donors (Lipinski definition) is 0. The Hall–Kier alpha value is -2.94. The van der Waals surface area contributed by atoms with Crippen molar-refractivity contribution in [3.63, 3.8) is 0 Å². The molecule has 3 nitrogen and oxygen atoms in total. The number of carbonyl (C=O) groups excluding carboxylic acids is 1. The molecule has 0 saturated carbocycles. The summed E-state index contributed by atoms with van der Waals surface area (Å²) < 4.78 is 5.84. The van der Waals surface area contributed by atoms with E-state index in [-0.39, 0.29) is 0 Å². The van der Waals surface area contributed by atoms with Crippen LogP contribution in [-0.4, -0.2) is 11.3 Å². The number of hydrogen-bond acceptors (Lipinski definition) is 3. The summed E-state index contributed by atoms with van der Waals surface area (Å²) in [7, 11) is 0. The molecule has 3 aromatic rings. The molecule has 2 aromatic carbocycles. The number of carbonyl (C=O) groups is 1. The fourth-order valence-electron chi connectivity index (χ4n) is 2.05. The van der Waals surface area contributed by atoms with Gasteiger partial charge in [-0.3, -0.25) is 4.79 Å². The number of nitrogens with zero attached hydrogens (tertiary/aromatic N) is 1. The second-order valence-electron chi connectivity index (χ2n) is 4.51. The quantitative estimate of drug-likeness (QED) is 0.664. The van der Waals surface area contributed by atoms with Gasteiger partial charge in [-0.05, 0) is 17.7 Å². The largest absolute Gasteiger partial charge is 0.438 e. The average Bonchev–Trinajstić information content (AvgIpc) is 2.57. The first-order chi connectivity index (χ1) is 10.4. The van der Waals surface area contributed by atoms with Crippen LogP contribution in [0.4, 0.5) is 0 Å². The van der Waals surface area contributed by atoms with Gasteiger partial charge >= 0.3 is 0 Å². The van der Waals surface area contributed by atoms with Crippen molar-refractivity contribution >= 4 is 6.29 Å². The molecule has 3 heteroatoms. The van der Waals surface area contributed by atoms with Gasteiger partial charge in [0.15, 0.2) is 6.29 Å². The molecule has 21 heavy (non-hydrogen) atoms. The zero-order valence-corrected chi connectivity index (χ0v) is 11.3. The first-order valence-electron chi connectivity index (χ1n) is 6.60. The lowest BCUT2D eigenvalue weighted by molar-refractivity contribution is 0.112. The summed E-state index contributed by atoms with van der Waals surface area (Å²) in [5, 5.41) is 0. The Kier molecular flexibility index (Phi) is 3.74. The van der Waals surface area contributed by atoms with E-state index >= 15 is 0 Å². The van der Waals surface area contributed by atoms with Gasteiger partial charge in [0.05, 0.1) is 0 Å². The van der Waals surface area contributed by atoms with Crippen LogP contribution < -0.4 is 4.74 Å². The molecule has 0 aliphatic rings. The van der Waals surface area contributed by atoms with Gasteiger partial charge in [0, 0.05) is 23.4 Å². The van der Waals surface area contributed by atoms with Gasteiger partial charge in [-0.1, -0.05) is 48.5 Å². The third kappa shape index (κ3) is 2.98. The van der Waals surface area contributed by atoms with Crippen LogP contribution in [-0.2, 0) is 0 Å². The predicted molar refractivity (Wildman–Crippen MR) is 81.6 cm³/mol. The highest BCUT2D eigenvalue weighted by Crippen LogP contribution is 2.32. The monoisotopic (exact) mass is 275 g/mol. The maximum absolute atomic E-state index is 10.6. The van der Waals surface area contributed by atoms with Crippen LogP contribution in [0.15, 0.2) is 72.9 Å². The molecule has 0 unspecified atom stereocenters. The summed E-state index contributed by atoms with van der Waals surface area (Å²) >= 11 is 0. The van der Waals surface area contributed by atoms with Crippen LogP contribution in [0.5, 0.6) is 11.6 Å². The smallest absolute Gasteiger partial charge is 0.219 e. The van der Waals surface area contributed by atoms with E-state index in [9.17, 15) is 4.79 Å². The Morgan fingerprint density at radius 1 is 0.857 bits per heavy atom. The lowest BCUT2D eigenvalue weighted by Gasteiger charge is -2.10. The molecule has 3 rings (SSSR count). The molecule has 0 aliphatic carbocycles. The molecule has 1 aromatic heterocycles. The molecule has 1 heterocycles. The van der Waals surface area contributed by atoms with Gasteiger partial charge < -0.3 is 4.74 Å². The van der Waals surface area contributed by atoms with E-state index < -0.39 is 0 Å². The van der Waals surface area contributed by atoms with Gasteiger partial charge in [0.25, 0.3) is 0 Å². The van der Waals surface area contributed by atoms with Crippen molar-refractivity contribution in [3.05, 3.63) is 78.5 Å². The fourth-order valence-corrected chi connectivity index (χ4v) is 2.05. The lowest BCUT2D eigenvalue weighted by atomic mass is 10.1. The molecule has 0 saturated heterocycles. The second-order valence-corrected chi connectivity index (χ2v) is 4.51. The third-order valence-corrected chi connectivity index (χ3v) is 3.08. The molecule has 102 valence electrons. The number of para-hydroxylation sites is 1. The molecule has 0 radical (unpaired) electrons. The van der Waals surface area contributed by atoms with Crippen LogP contribution in [0.2, 0.25) is 0 Å². The topological polar surface area (TPSA) is 39.2 Å². The van der Waals surface area contributed by atoms with Gasteiger partial charge in [-0.25, -0.2) is 4.98 Å². The molecule has 0 bridgehead atoms. The summed E-state index contributed by atoms with van der Waals surface area (Å²) in [5.74, 6) is 1.19. The minimum atomic E-state index is 0.462. The van der Waals surface area contributed by atoms with Crippen LogP contribution in [0.3, 0.4) is 0 Å². The lowest BCUT2D eigenvalue weighted by Crippen LogP contribution is -1.91. The van der Waals surface area contributed by atoms with E-state index in [4.69, 9.17) is 4.74 Å². The SMILES string of the molecule is O=Cc1ccc(Oc2ccccc2-c2ccccc2)nc1. The average molecular weight is 275 g/mol. The molecule has 0 fully saturated rings. The summed E-state index contributed by atoms with van der Waals surface area (Å²) in [6.45, 7) is 0. The summed E-state index contributed by atoms with van der Waals surface area (Å²) in [5.41, 5.74) is 2.61. The Morgan fingerprint density at radius 3 is 2.33 bits per heavy atom. The normalized spacial score (nSPS) is 10.1. The van der Waals surface area contributed by atoms with E-state index in [2.05, 4.69) is 4.98 Å². The molecule has 0 aliphatic heterocycles. The van der Waals surface area contributed by atoms with Crippen molar-refractivity contribution in [2.24, 2.45) is 0 Å². The molecule has 0 N–H and O–H groups in total. The Bertz CT molecular complexity index is 737. The highest BCUT2D eigenvalue weighted by Gasteiger charge is 2.07. The van der Waals surface area contributed by atoms with E-state index in [1.807, 2.05) is 54.6 Å². The van der Waals surface area contributed by atoms with E-state index in [0.717, 1.165) is 23.2 Å².